The van der Waals surface area contributed by atoms with Crippen molar-refractivity contribution in [3.63, 3.8) is 0 Å². The molecule has 0 radical (unpaired) electrons. The van der Waals surface area contributed by atoms with Crippen LogP contribution in [0, 0.1) is 0 Å². The maximum atomic E-state index is 11.7. The Morgan fingerprint density at radius 3 is 2.77 bits per heavy atom. The van der Waals surface area contributed by atoms with Gasteiger partial charge < -0.3 is 10.0 Å². The summed E-state index contributed by atoms with van der Waals surface area (Å²) in [6.45, 7) is 3.07. The Labute approximate surface area is 158 Å². The normalized spacial score (nSPS) is 19.7. The van der Waals surface area contributed by atoms with Crippen LogP contribution < -0.4 is 0 Å². The molecule has 4 nitrogen and oxygen atoms in total. The number of hydrogen-bond acceptors (Lipinski definition) is 3. The van der Waals surface area contributed by atoms with Crippen molar-refractivity contribution in [2.45, 2.75) is 32.3 Å². The molecule has 4 rings (SSSR count). The Hall–Kier alpha value is -2.17. The third kappa shape index (κ3) is 3.04. The highest BCUT2D eigenvalue weighted by atomic mass is 35.5. The molecule has 1 amide bonds. The highest BCUT2D eigenvalue weighted by molar-refractivity contribution is 6.30. The average molecular weight is 369 g/mol. The molecule has 1 atom stereocenters. The van der Waals surface area contributed by atoms with Crippen LogP contribution in [0.4, 0.5) is 0 Å². The lowest BCUT2D eigenvalue weighted by Gasteiger charge is -2.29. The smallest absolute Gasteiger partial charge is 0.219 e. The van der Waals surface area contributed by atoms with E-state index in [-0.39, 0.29) is 5.91 Å². The number of aliphatic hydroxyl groups is 1. The van der Waals surface area contributed by atoms with E-state index in [0.717, 1.165) is 53.9 Å². The predicted molar refractivity (Wildman–Crippen MR) is 102 cm³/mol. The van der Waals surface area contributed by atoms with Crippen LogP contribution in [0.5, 0.6) is 0 Å². The van der Waals surface area contributed by atoms with E-state index in [2.05, 4.69) is 4.98 Å². The topological polar surface area (TPSA) is 53.4 Å². The number of benzene rings is 1. The lowest BCUT2D eigenvalue weighted by atomic mass is 9.88. The molecular formula is C21H21ClN2O2. The van der Waals surface area contributed by atoms with Gasteiger partial charge in [-0.15, -0.1) is 0 Å². The molecule has 2 heterocycles. The number of piperidine rings is 1. The number of nitrogens with zero attached hydrogens (tertiary/aromatic N) is 2. The van der Waals surface area contributed by atoms with Crippen molar-refractivity contribution in [3.8, 4) is 0 Å². The number of rotatable bonds is 0. The zero-order valence-electron chi connectivity index (χ0n) is 14.7. The Kier molecular flexibility index (Phi) is 4.55. The molecule has 134 valence electrons. The molecule has 1 aromatic carbocycles. The number of carbonyl (C=O) groups excluding carboxylic acids is 1. The minimum Gasteiger partial charge on any atom is -0.388 e. The van der Waals surface area contributed by atoms with E-state index in [0.29, 0.717) is 11.4 Å². The Balaban J connectivity index is 1.89. The molecule has 0 spiro atoms. The molecule has 1 unspecified atom stereocenters. The van der Waals surface area contributed by atoms with Gasteiger partial charge in [-0.2, -0.15) is 0 Å². The number of carbonyl (C=O) groups is 1. The van der Waals surface area contributed by atoms with Crippen molar-refractivity contribution >= 4 is 23.1 Å². The van der Waals surface area contributed by atoms with E-state index in [1.807, 2.05) is 35.2 Å². The van der Waals surface area contributed by atoms with Gasteiger partial charge in [-0.1, -0.05) is 29.3 Å². The summed E-state index contributed by atoms with van der Waals surface area (Å²) in [5.74, 6) is 0.121. The van der Waals surface area contributed by atoms with Crippen molar-refractivity contribution in [1.29, 1.82) is 0 Å². The molecule has 2 aromatic rings. The monoisotopic (exact) mass is 368 g/mol. The number of hydrogen-bond donors (Lipinski definition) is 1. The zero-order valence-corrected chi connectivity index (χ0v) is 15.5. The van der Waals surface area contributed by atoms with Gasteiger partial charge in [-0.05, 0) is 47.7 Å². The van der Waals surface area contributed by atoms with Crippen molar-refractivity contribution in [2.75, 3.05) is 13.1 Å². The first-order valence-electron chi connectivity index (χ1n) is 8.94. The lowest BCUT2D eigenvalue weighted by Crippen LogP contribution is -2.34. The Bertz CT molecular complexity index is 897. The molecule has 1 aliphatic heterocycles. The SMILES string of the molecule is CC(=O)N1CCC(=C2c3ccc(Cl)cc3C(O)Cc3cccnc32)CC1. The van der Waals surface area contributed by atoms with Gasteiger partial charge in [0, 0.05) is 43.2 Å². The summed E-state index contributed by atoms with van der Waals surface area (Å²) in [6.07, 6.45) is 3.36. The second-order valence-corrected chi connectivity index (χ2v) is 7.38. The summed E-state index contributed by atoms with van der Waals surface area (Å²) in [5, 5.41) is 11.4. The number of aliphatic hydroxyl groups excluding tert-OH is 1. The second-order valence-electron chi connectivity index (χ2n) is 6.95. The molecule has 1 aromatic heterocycles. The average Bonchev–Trinajstić information content (AvgIpc) is 2.76. The zero-order chi connectivity index (χ0) is 18.3. The fourth-order valence-electron chi connectivity index (χ4n) is 4.01. The molecule has 0 bridgehead atoms. The maximum Gasteiger partial charge on any atom is 0.219 e. The van der Waals surface area contributed by atoms with E-state index in [4.69, 9.17) is 11.6 Å². The minimum absolute atomic E-state index is 0.121. The molecule has 26 heavy (non-hydrogen) atoms. The molecule has 2 aliphatic rings. The second kappa shape index (κ2) is 6.86. The first-order chi connectivity index (χ1) is 12.5. The van der Waals surface area contributed by atoms with Crippen LogP contribution in [0.2, 0.25) is 5.02 Å². The third-order valence-corrected chi connectivity index (χ3v) is 5.58. The van der Waals surface area contributed by atoms with E-state index in [1.54, 1.807) is 13.1 Å². The minimum atomic E-state index is -0.609. The molecular weight excluding hydrogens is 348 g/mol. The number of amides is 1. The summed E-state index contributed by atoms with van der Waals surface area (Å²) in [5.41, 5.74) is 6.24. The highest BCUT2D eigenvalue weighted by Gasteiger charge is 2.28. The quantitative estimate of drug-likeness (QED) is 0.770. The van der Waals surface area contributed by atoms with E-state index < -0.39 is 6.10 Å². The van der Waals surface area contributed by atoms with Gasteiger partial charge in [0.2, 0.25) is 5.91 Å². The van der Waals surface area contributed by atoms with Gasteiger partial charge in [0.05, 0.1) is 11.8 Å². The molecule has 0 saturated carbocycles. The number of halogens is 1. The van der Waals surface area contributed by atoms with Crippen molar-refractivity contribution in [2.24, 2.45) is 0 Å². The maximum absolute atomic E-state index is 11.7. The highest BCUT2D eigenvalue weighted by Crippen LogP contribution is 2.41. The van der Waals surface area contributed by atoms with Crippen molar-refractivity contribution < 1.29 is 9.90 Å². The Morgan fingerprint density at radius 1 is 1.27 bits per heavy atom. The largest absolute Gasteiger partial charge is 0.388 e. The van der Waals surface area contributed by atoms with Gasteiger partial charge >= 0.3 is 0 Å². The van der Waals surface area contributed by atoms with Gasteiger partial charge in [-0.3, -0.25) is 9.78 Å². The van der Waals surface area contributed by atoms with E-state index >= 15 is 0 Å². The van der Waals surface area contributed by atoms with Crippen LogP contribution in [0.15, 0.2) is 42.1 Å². The summed E-state index contributed by atoms with van der Waals surface area (Å²) in [6, 6.07) is 9.66. The van der Waals surface area contributed by atoms with Gasteiger partial charge in [0.1, 0.15) is 0 Å². The first-order valence-corrected chi connectivity index (χ1v) is 9.32. The van der Waals surface area contributed by atoms with Gasteiger partial charge in [-0.25, -0.2) is 0 Å². The first kappa shape index (κ1) is 17.3. The molecule has 1 saturated heterocycles. The summed E-state index contributed by atoms with van der Waals surface area (Å²) in [7, 11) is 0. The summed E-state index contributed by atoms with van der Waals surface area (Å²) < 4.78 is 0. The fraction of sp³-hybridized carbons (Fsp3) is 0.333. The summed E-state index contributed by atoms with van der Waals surface area (Å²) in [4.78, 5) is 18.2. The number of fused-ring (bicyclic) bond motifs is 2. The number of aromatic nitrogens is 1. The van der Waals surface area contributed by atoms with Crippen LogP contribution in [0.3, 0.4) is 0 Å². The number of likely N-dealkylation sites (tertiary alicyclic amines) is 1. The third-order valence-electron chi connectivity index (χ3n) is 5.35. The van der Waals surface area contributed by atoms with Crippen molar-refractivity contribution in [3.05, 3.63) is 69.5 Å². The standard InChI is InChI=1S/C21H21ClN2O2/c1-13(25)24-9-6-14(7-10-24)20-17-5-4-16(22)12-18(17)19(26)11-15-3-2-8-23-21(15)20/h2-5,8,12,19,26H,6-7,9-11H2,1H3. The van der Waals surface area contributed by atoms with Crippen LogP contribution in [0.1, 0.15) is 48.3 Å². The summed E-state index contributed by atoms with van der Waals surface area (Å²) >= 11 is 6.21. The molecule has 5 heteroatoms. The fourth-order valence-corrected chi connectivity index (χ4v) is 4.19. The van der Waals surface area contributed by atoms with Crippen LogP contribution in [-0.4, -0.2) is 34.0 Å². The van der Waals surface area contributed by atoms with Crippen LogP contribution >= 0.6 is 11.6 Å². The van der Waals surface area contributed by atoms with Crippen LogP contribution in [-0.2, 0) is 11.2 Å². The predicted octanol–water partition coefficient (Wildman–Crippen LogP) is 3.77. The van der Waals surface area contributed by atoms with Crippen molar-refractivity contribution in [1.82, 2.24) is 9.88 Å². The van der Waals surface area contributed by atoms with Gasteiger partial charge in [0.15, 0.2) is 0 Å². The molecule has 1 aliphatic carbocycles. The van der Waals surface area contributed by atoms with E-state index in [9.17, 15) is 9.90 Å². The lowest BCUT2D eigenvalue weighted by molar-refractivity contribution is -0.129. The van der Waals surface area contributed by atoms with E-state index in [1.165, 1.54) is 5.57 Å². The number of pyridine rings is 1. The molecule has 1 fully saturated rings. The van der Waals surface area contributed by atoms with Gasteiger partial charge in [0.25, 0.3) is 0 Å². The molecule has 1 N–H and O–H groups in total. The Morgan fingerprint density at radius 2 is 2.04 bits per heavy atom. The van der Waals surface area contributed by atoms with Crippen LogP contribution in [0.25, 0.3) is 5.57 Å².